The van der Waals surface area contributed by atoms with E-state index in [0.29, 0.717) is 12.8 Å². The Balaban J connectivity index is 4.82. The number of esters is 1. The minimum atomic E-state index is -1.12. The lowest BCUT2D eigenvalue weighted by Gasteiger charge is -2.26. The van der Waals surface area contributed by atoms with E-state index in [9.17, 15) is 9.59 Å². The van der Waals surface area contributed by atoms with Crippen LogP contribution in [0.3, 0.4) is 0 Å². The normalized spacial score (nSPS) is 14.5. The second-order valence-corrected chi connectivity index (χ2v) is 3.27. The van der Waals surface area contributed by atoms with Gasteiger partial charge < -0.3 is 10.5 Å². The molecule has 0 bridgehead atoms. The van der Waals surface area contributed by atoms with E-state index in [2.05, 4.69) is 0 Å². The summed E-state index contributed by atoms with van der Waals surface area (Å²) in [7, 11) is 0. The van der Waals surface area contributed by atoms with Gasteiger partial charge in [-0.15, -0.1) is 0 Å². The monoisotopic (exact) mass is 201 g/mol. The molecule has 1 atom stereocenters. The van der Waals surface area contributed by atoms with Crippen LogP contribution in [0.1, 0.15) is 40.0 Å². The van der Waals surface area contributed by atoms with Crippen LogP contribution in [0.4, 0.5) is 0 Å². The van der Waals surface area contributed by atoms with E-state index >= 15 is 0 Å². The van der Waals surface area contributed by atoms with E-state index in [4.69, 9.17) is 10.5 Å². The lowest BCUT2D eigenvalue weighted by atomic mass is 9.80. The summed E-state index contributed by atoms with van der Waals surface area (Å²) >= 11 is 0. The van der Waals surface area contributed by atoms with Crippen LogP contribution in [-0.4, -0.2) is 18.5 Å². The Morgan fingerprint density at radius 2 is 1.86 bits per heavy atom. The van der Waals surface area contributed by atoms with Crippen molar-refractivity contribution in [3.8, 4) is 0 Å². The Morgan fingerprint density at radius 3 is 2.14 bits per heavy atom. The highest BCUT2D eigenvalue weighted by molar-refractivity contribution is 6.01. The van der Waals surface area contributed by atoms with Gasteiger partial charge in [-0.05, 0) is 19.8 Å². The topological polar surface area (TPSA) is 69.4 Å². The number of hydrogen-bond donors (Lipinski definition) is 1. The molecule has 0 aliphatic heterocycles. The van der Waals surface area contributed by atoms with E-state index in [1.807, 2.05) is 6.92 Å². The number of rotatable bonds is 6. The molecule has 0 aliphatic carbocycles. The summed E-state index contributed by atoms with van der Waals surface area (Å²) in [6.07, 6.45) is 1.59. The molecule has 0 spiro atoms. The Kier molecular flexibility index (Phi) is 5.20. The molecule has 0 saturated heterocycles. The highest BCUT2D eigenvalue weighted by Gasteiger charge is 2.43. The lowest BCUT2D eigenvalue weighted by Crippen LogP contribution is -2.44. The van der Waals surface area contributed by atoms with E-state index in [0.717, 1.165) is 6.42 Å². The van der Waals surface area contributed by atoms with Gasteiger partial charge in [-0.1, -0.05) is 20.3 Å². The zero-order valence-corrected chi connectivity index (χ0v) is 9.13. The van der Waals surface area contributed by atoms with Crippen LogP contribution in [0.5, 0.6) is 0 Å². The SMILES string of the molecule is CCCC(CC)(C(N)=O)C(=O)OCC. The molecule has 0 aromatic heterocycles. The largest absolute Gasteiger partial charge is 0.465 e. The third-order valence-corrected chi connectivity index (χ3v) is 2.42. The van der Waals surface area contributed by atoms with Crippen molar-refractivity contribution in [2.75, 3.05) is 6.61 Å². The maximum Gasteiger partial charge on any atom is 0.321 e. The van der Waals surface area contributed by atoms with Crippen molar-refractivity contribution >= 4 is 11.9 Å². The first kappa shape index (κ1) is 12.9. The molecular formula is C10H19NO3. The van der Waals surface area contributed by atoms with Gasteiger partial charge in [0.05, 0.1) is 6.61 Å². The number of nitrogens with two attached hydrogens (primary N) is 1. The molecular weight excluding hydrogens is 182 g/mol. The number of carbonyl (C=O) groups is 2. The number of ether oxygens (including phenoxy) is 1. The summed E-state index contributed by atoms with van der Waals surface area (Å²) < 4.78 is 4.87. The van der Waals surface area contributed by atoms with Crippen molar-refractivity contribution in [1.29, 1.82) is 0 Å². The van der Waals surface area contributed by atoms with Crippen molar-refractivity contribution in [3.63, 3.8) is 0 Å². The van der Waals surface area contributed by atoms with Gasteiger partial charge in [0.15, 0.2) is 0 Å². The molecule has 0 aromatic rings. The van der Waals surface area contributed by atoms with E-state index in [1.165, 1.54) is 0 Å². The summed E-state index contributed by atoms with van der Waals surface area (Å²) in [5, 5.41) is 0. The zero-order valence-electron chi connectivity index (χ0n) is 9.13. The summed E-state index contributed by atoms with van der Waals surface area (Å²) in [4.78, 5) is 22.9. The Morgan fingerprint density at radius 1 is 1.29 bits per heavy atom. The highest BCUT2D eigenvalue weighted by atomic mass is 16.5. The van der Waals surface area contributed by atoms with Crippen LogP contribution in [0.15, 0.2) is 0 Å². The van der Waals surface area contributed by atoms with Crippen molar-refractivity contribution < 1.29 is 14.3 Å². The second kappa shape index (κ2) is 5.62. The first-order valence-electron chi connectivity index (χ1n) is 5.02. The lowest BCUT2D eigenvalue weighted by molar-refractivity contribution is -0.160. The molecule has 0 aromatic carbocycles. The molecule has 0 radical (unpaired) electrons. The molecule has 14 heavy (non-hydrogen) atoms. The van der Waals surface area contributed by atoms with Gasteiger partial charge in [-0.25, -0.2) is 0 Å². The molecule has 4 heteroatoms. The third kappa shape index (κ3) is 2.47. The number of carbonyl (C=O) groups excluding carboxylic acids is 2. The van der Waals surface area contributed by atoms with E-state index in [-0.39, 0.29) is 6.61 Å². The number of hydrogen-bond acceptors (Lipinski definition) is 3. The van der Waals surface area contributed by atoms with Crippen LogP contribution in [0.2, 0.25) is 0 Å². The zero-order chi connectivity index (χ0) is 11.2. The average Bonchev–Trinajstić information content (AvgIpc) is 2.14. The molecule has 2 N–H and O–H groups in total. The van der Waals surface area contributed by atoms with Crippen molar-refractivity contribution in [3.05, 3.63) is 0 Å². The molecule has 1 amide bonds. The van der Waals surface area contributed by atoms with Crippen molar-refractivity contribution in [1.82, 2.24) is 0 Å². The minimum Gasteiger partial charge on any atom is -0.465 e. The van der Waals surface area contributed by atoms with Crippen LogP contribution in [0.25, 0.3) is 0 Å². The molecule has 0 aliphatic rings. The van der Waals surface area contributed by atoms with Crippen LogP contribution >= 0.6 is 0 Å². The van der Waals surface area contributed by atoms with Crippen molar-refractivity contribution in [2.45, 2.75) is 40.0 Å². The summed E-state index contributed by atoms with van der Waals surface area (Å²) in [5.41, 5.74) is 4.14. The summed E-state index contributed by atoms with van der Waals surface area (Å²) in [6.45, 7) is 5.67. The summed E-state index contributed by atoms with van der Waals surface area (Å²) in [5.74, 6) is -1.07. The Labute approximate surface area is 84.8 Å². The fourth-order valence-electron chi connectivity index (χ4n) is 1.52. The fourth-order valence-corrected chi connectivity index (χ4v) is 1.52. The molecule has 4 nitrogen and oxygen atoms in total. The minimum absolute atomic E-state index is 0.275. The van der Waals surface area contributed by atoms with Crippen molar-refractivity contribution in [2.24, 2.45) is 11.1 Å². The third-order valence-electron chi connectivity index (χ3n) is 2.42. The van der Waals surface area contributed by atoms with Gasteiger partial charge >= 0.3 is 5.97 Å². The van der Waals surface area contributed by atoms with Crippen LogP contribution in [0, 0.1) is 5.41 Å². The smallest absolute Gasteiger partial charge is 0.321 e. The maximum absolute atomic E-state index is 11.6. The predicted octanol–water partition coefficient (Wildman–Crippen LogP) is 1.23. The van der Waals surface area contributed by atoms with E-state index < -0.39 is 17.3 Å². The molecule has 0 heterocycles. The van der Waals surface area contributed by atoms with Gasteiger partial charge in [0.2, 0.25) is 5.91 Å². The average molecular weight is 201 g/mol. The summed E-state index contributed by atoms with van der Waals surface area (Å²) in [6, 6.07) is 0. The van der Waals surface area contributed by atoms with Crippen LogP contribution in [-0.2, 0) is 14.3 Å². The number of primary amides is 1. The maximum atomic E-state index is 11.6. The van der Waals surface area contributed by atoms with Gasteiger partial charge in [0.25, 0.3) is 0 Å². The molecule has 0 saturated carbocycles. The fraction of sp³-hybridized carbons (Fsp3) is 0.800. The molecule has 0 rings (SSSR count). The van der Waals surface area contributed by atoms with Gasteiger partial charge in [-0.3, -0.25) is 9.59 Å². The van der Waals surface area contributed by atoms with Crippen LogP contribution < -0.4 is 5.73 Å². The quantitative estimate of drug-likeness (QED) is 0.519. The van der Waals surface area contributed by atoms with Gasteiger partial charge in [0, 0.05) is 0 Å². The first-order valence-corrected chi connectivity index (χ1v) is 5.02. The van der Waals surface area contributed by atoms with Gasteiger partial charge in [-0.2, -0.15) is 0 Å². The Bertz CT molecular complexity index is 215. The number of amides is 1. The standard InChI is InChI=1S/C10H19NO3/c1-4-7-10(5-2,8(11)12)9(13)14-6-3/h4-7H2,1-3H3,(H2,11,12). The molecule has 82 valence electrons. The molecule has 1 unspecified atom stereocenters. The van der Waals surface area contributed by atoms with E-state index in [1.54, 1.807) is 13.8 Å². The predicted molar refractivity (Wildman–Crippen MR) is 53.5 cm³/mol. The first-order chi connectivity index (χ1) is 6.55. The van der Waals surface area contributed by atoms with Gasteiger partial charge in [0.1, 0.15) is 5.41 Å². The second-order valence-electron chi connectivity index (χ2n) is 3.27. The Hall–Kier alpha value is -1.06. The molecule has 0 fully saturated rings. The highest BCUT2D eigenvalue weighted by Crippen LogP contribution is 2.29.